The van der Waals surface area contributed by atoms with E-state index in [2.05, 4.69) is 16.5 Å². The molecule has 6 heteroatoms. The largest absolute Gasteiger partial charge is 0.497 e. The number of hydrogen-bond donors (Lipinski definition) is 0. The van der Waals surface area contributed by atoms with Gasteiger partial charge in [0, 0.05) is 6.54 Å². The van der Waals surface area contributed by atoms with Crippen LogP contribution < -0.4 is 9.47 Å². The second-order valence-corrected chi connectivity index (χ2v) is 6.35. The van der Waals surface area contributed by atoms with Crippen molar-refractivity contribution >= 4 is 28.6 Å². The number of methoxy groups -OCH3 is 2. The Balaban J connectivity index is 1.83. The van der Waals surface area contributed by atoms with Gasteiger partial charge in [-0.1, -0.05) is 23.9 Å². The summed E-state index contributed by atoms with van der Waals surface area (Å²) >= 11 is 1.44. The van der Waals surface area contributed by atoms with Crippen molar-refractivity contribution in [3.8, 4) is 11.5 Å². The monoisotopic (exact) mass is 356 g/mol. The Morgan fingerprint density at radius 1 is 1.16 bits per heavy atom. The summed E-state index contributed by atoms with van der Waals surface area (Å²) in [6.07, 6.45) is 0. The number of carbonyl (C=O) groups excluding carboxylic acids is 1. The van der Waals surface area contributed by atoms with Gasteiger partial charge in [-0.2, -0.15) is 0 Å². The zero-order valence-electron chi connectivity index (χ0n) is 14.5. The summed E-state index contributed by atoms with van der Waals surface area (Å²) in [6, 6.07) is 13.2. The molecule has 0 saturated carbocycles. The highest BCUT2D eigenvalue weighted by atomic mass is 32.2. The Kier molecular flexibility index (Phi) is 5.28. The lowest BCUT2D eigenvalue weighted by Crippen LogP contribution is -2.07. The van der Waals surface area contributed by atoms with Gasteiger partial charge in [-0.3, -0.25) is 4.79 Å². The maximum Gasteiger partial charge on any atom is 0.177 e. The van der Waals surface area contributed by atoms with Crippen molar-refractivity contribution < 1.29 is 14.3 Å². The molecule has 0 atom stereocenters. The lowest BCUT2D eigenvalue weighted by atomic mass is 10.1. The summed E-state index contributed by atoms with van der Waals surface area (Å²) in [5, 5.41) is 0.846. The van der Waals surface area contributed by atoms with Crippen LogP contribution >= 0.6 is 11.8 Å². The molecule has 0 aliphatic rings. The summed E-state index contributed by atoms with van der Waals surface area (Å²) in [4.78, 5) is 17.3. The highest BCUT2D eigenvalue weighted by Gasteiger charge is 2.16. The number of rotatable bonds is 7. The van der Waals surface area contributed by atoms with Crippen molar-refractivity contribution in [3.05, 3.63) is 48.0 Å². The van der Waals surface area contributed by atoms with E-state index in [1.165, 1.54) is 11.8 Å². The molecule has 0 bridgehead atoms. The minimum absolute atomic E-state index is 0.0181. The number of ether oxygens (including phenoxy) is 2. The van der Waals surface area contributed by atoms with Gasteiger partial charge in [-0.05, 0) is 37.3 Å². The first-order chi connectivity index (χ1) is 12.2. The van der Waals surface area contributed by atoms with Crippen molar-refractivity contribution in [2.75, 3.05) is 20.0 Å². The van der Waals surface area contributed by atoms with Crippen molar-refractivity contribution in [1.82, 2.24) is 9.55 Å². The zero-order valence-corrected chi connectivity index (χ0v) is 15.3. The fraction of sp³-hybridized carbons (Fsp3) is 0.263. The molecule has 0 saturated heterocycles. The van der Waals surface area contributed by atoms with Crippen LogP contribution in [-0.2, 0) is 6.54 Å². The normalized spacial score (nSPS) is 10.8. The van der Waals surface area contributed by atoms with Gasteiger partial charge in [-0.15, -0.1) is 0 Å². The molecular formula is C19H20N2O3S. The van der Waals surface area contributed by atoms with E-state index < -0.39 is 0 Å². The number of hydrogen-bond acceptors (Lipinski definition) is 5. The number of carbonyl (C=O) groups is 1. The fourth-order valence-corrected chi connectivity index (χ4v) is 3.67. The average molecular weight is 356 g/mol. The Labute approximate surface area is 151 Å². The third-order valence-corrected chi connectivity index (χ3v) is 4.95. The summed E-state index contributed by atoms with van der Waals surface area (Å²) < 4.78 is 12.6. The molecule has 1 aromatic heterocycles. The van der Waals surface area contributed by atoms with E-state index in [-0.39, 0.29) is 11.5 Å². The predicted octanol–water partition coefficient (Wildman–Crippen LogP) is 4.05. The molecule has 3 rings (SSSR count). The summed E-state index contributed by atoms with van der Waals surface area (Å²) in [6.45, 7) is 2.88. The van der Waals surface area contributed by atoms with Crippen LogP contribution in [0.15, 0.2) is 47.6 Å². The van der Waals surface area contributed by atoms with Crippen molar-refractivity contribution in [2.24, 2.45) is 0 Å². The minimum atomic E-state index is -0.0181. The second-order valence-electron chi connectivity index (χ2n) is 5.41. The van der Waals surface area contributed by atoms with E-state index in [9.17, 15) is 4.79 Å². The van der Waals surface area contributed by atoms with Crippen LogP contribution in [0.2, 0.25) is 0 Å². The number of imidazole rings is 1. The second kappa shape index (κ2) is 7.61. The highest BCUT2D eigenvalue weighted by molar-refractivity contribution is 7.99. The first kappa shape index (κ1) is 17.4. The highest BCUT2D eigenvalue weighted by Crippen LogP contribution is 2.28. The Morgan fingerprint density at radius 2 is 1.96 bits per heavy atom. The molecule has 0 radical (unpaired) electrons. The fourth-order valence-electron chi connectivity index (χ4n) is 2.71. The maximum atomic E-state index is 12.7. The van der Waals surface area contributed by atoms with E-state index in [0.717, 1.165) is 22.7 Å². The molecule has 0 spiro atoms. The molecule has 5 nitrogen and oxygen atoms in total. The van der Waals surface area contributed by atoms with Gasteiger partial charge in [0.15, 0.2) is 10.9 Å². The van der Waals surface area contributed by atoms with Gasteiger partial charge in [0.25, 0.3) is 0 Å². The van der Waals surface area contributed by atoms with Gasteiger partial charge < -0.3 is 14.0 Å². The number of Topliss-reactive ketones (excluding diaryl/α,β-unsaturated/α-hetero) is 1. The van der Waals surface area contributed by atoms with Crippen LogP contribution in [0.4, 0.5) is 0 Å². The van der Waals surface area contributed by atoms with Crippen molar-refractivity contribution in [1.29, 1.82) is 0 Å². The van der Waals surface area contributed by atoms with E-state index in [4.69, 9.17) is 9.47 Å². The lowest BCUT2D eigenvalue weighted by molar-refractivity contribution is 0.101. The van der Waals surface area contributed by atoms with Crippen LogP contribution in [0.25, 0.3) is 11.0 Å². The number of para-hydroxylation sites is 2. The van der Waals surface area contributed by atoms with Gasteiger partial charge in [-0.25, -0.2) is 4.98 Å². The summed E-state index contributed by atoms with van der Waals surface area (Å²) in [5.74, 6) is 1.45. The van der Waals surface area contributed by atoms with E-state index >= 15 is 0 Å². The van der Waals surface area contributed by atoms with Crippen LogP contribution in [0, 0.1) is 0 Å². The van der Waals surface area contributed by atoms with Gasteiger partial charge in [0.1, 0.15) is 11.5 Å². The maximum absolute atomic E-state index is 12.7. The SMILES string of the molecule is CCn1c(SCC(=O)c2cc(OC)ccc2OC)nc2ccccc21. The summed E-state index contributed by atoms with van der Waals surface area (Å²) in [5.41, 5.74) is 2.55. The predicted molar refractivity (Wildman–Crippen MR) is 100 cm³/mol. The first-order valence-corrected chi connectivity index (χ1v) is 8.99. The number of fused-ring (bicyclic) bond motifs is 1. The molecule has 2 aromatic carbocycles. The average Bonchev–Trinajstić information content (AvgIpc) is 3.02. The van der Waals surface area contributed by atoms with Crippen LogP contribution in [-0.4, -0.2) is 35.3 Å². The molecule has 3 aromatic rings. The standard InChI is InChI=1S/C19H20N2O3S/c1-4-21-16-8-6-5-7-15(16)20-19(21)25-12-17(22)14-11-13(23-2)9-10-18(14)24-3/h5-11H,4,12H2,1-3H3. The summed E-state index contributed by atoms with van der Waals surface area (Å²) in [7, 11) is 3.14. The van der Waals surface area contributed by atoms with E-state index in [1.807, 2.05) is 24.3 Å². The van der Waals surface area contributed by atoms with Crippen LogP contribution in [0.3, 0.4) is 0 Å². The van der Waals surface area contributed by atoms with Gasteiger partial charge in [0.2, 0.25) is 0 Å². The smallest absolute Gasteiger partial charge is 0.177 e. The quantitative estimate of drug-likeness (QED) is 0.472. The number of aromatic nitrogens is 2. The van der Waals surface area contributed by atoms with E-state index in [0.29, 0.717) is 17.1 Å². The van der Waals surface area contributed by atoms with Crippen molar-refractivity contribution in [2.45, 2.75) is 18.6 Å². The minimum Gasteiger partial charge on any atom is -0.497 e. The Hall–Kier alpha value is -2.47. The molecular weight excluding hydrogens is 336 g/mol. The Morgan fingerprint density at radius 3 is 2.68 bits per heavy atom. The molecule has 0 fully saturated rings. The number of thioether (sulfide) groups is 1. The third-order valence-electron chi connectivity index (χ3n) is 3.98. The van der Waals surface area contributed by atoms with E-state index in [1.54, 1.807) is 32.4 Å². The molecule has 25 heavy (non-hydrogen) atoms. The third kappa shape index (κ3) is 3.49. The number of ketones is 1. The van der Waals surface area contributed by atoms with Gasteiger partial charge in [0.05, 0.1) is 36.6 Å². The molecule has 130 valence electrons. The molecule has 0 aliphatic heterocycles. The molecule has 0 N–H and O–H groups in total. The van der Waals surface area contributed by atoms with Crippen LogP contribution in [0.1, 0.15) is 17.3 Å². The molecule has 0 unspecified atom stereocenters. The van der Waals surface area contributed by atoms with Crippen molar-refractivity contribution in [3.63, 3.8) is 0 Å². The topological polar surface area (TPSA) is 53.4 Å². The first-order valence-electron chi connectivity index (χ1n) is 8.01. The molecule has 0 aliphatic carbocycles. The molecule has 1 heterocycles. The lowest BCUT2D eigenvalue weighted by Gasteiger charge is -2.10. The van der Waals surface area contributed by atoms with Gasteiger partial charge >= 0.3 is 0 Å². The number of aryl methyl sites for hydroxylation is 1. The molecule has 0 amide bonds. The Bertz CT molecular complexity index is 905. The van der Waals surface area contributed by atoms with Crippen LogP contribution in [0.5, 0.6) is 11.5 Å². The number of benzene rings is 2. The zero-order chi connectivity index (χ0) is 17.8. The number of nitrogens with zero attached hydrogens (tertiary/aromatic N) is 2.